The van der Waals surface area contributed by atoms with Crippen LogP contribution in [0.25, 0.3) is 0 Å². The Labute approximate surface area is 199 Å². The van der Waals surface area contributed by atoms with Gasteiger partial charge in [-0.3, -0.25) is 0 Å². The maximum absolute atomic E-state index is 5.83. The lowest BCUT2D eigenvalue weighted by atomic mass is 9.85. The molecule has 6 heteroatoms. The minimum atomic E-state index is 0.0717. The van der Waals surface area contributed by atoms with Crippen molar-refractivity contribution in [1.29, 1.82) is 0 Å². The molecule has 6 nitrogen and oxygen atoms in total. The van der Waals surface area contributed by atoms with Crippen LogP contribution in [0.15, 0.2) is 72.8 Å². The van der Waals surface area contributed by atoms with E-state index in [0.717, 1.165) is 37.1 Å². The molecule has 3 aromatic rings. The third-order valence-corrected chi connectivity index (χ3v) is 6.16. The predicted octanol–water partition coefficient (Wildman–Crippen LogP) is 4.20. The Bertz CT molecular complexity index is 926. The fraction of sp³-hybridized carbons (Fsp3) is 0.357. The van der Waals surface area contributed by atoms with Crippen LogP contribution in [0.3, 0.4) is 0 Å². The first-order valence-electron chi connectivity index (χ1n) is 11.8. The van der Waals surface area contributed by atoms with Crippen LogP contribution in [0.5, 0.6) is 17.2 Å². The van der Waals surface area contributed by atoms with Crippen LogP contribution in [0.4, 0.5) is 0 Å². The lowest BCUT2D eigenvalue weighted by Gasteiger charge is -2.20. The van der Waals surface area contributed by atoms with E-state index in [-0.39, 0.29) is 24.2 Å². The molecule has 0 aromatic heterocycles. The molecule has 0 saturated carbocycles. The van der Waals surface area contributed by atoms with Gasteiger partial charge in [-0.25, -0.2) is 0 Å². The van der Waals surface area contributed by atoms with Crippen molar-refractivity contribution in [2.45, 2.75) is 24.2 Å². The Kier molecular flexibility index (Phi) is 6.10. The summed E-state index contributed by atoms with van der Waals surface area (Å²) in [6, 6.07) is 25.0. The van der Waals surface area contributed by atoms with Crippen molar-refractivity contribution in [1.82, 2.24) is 0 Å². The number of hydrogen-bond donors (Lipinski definition) is 0. The summed E-state index contributed by atoms with van der Waals surface area (Å²) in [5.74, 6) is 2.64. The smallest absolute Gasteiger partial charge is 0.119 e. The van der Waals surface area contributed by atoms with Crippen molar-refractivity contribution in [3.63, 3.8) is 0 Å². The van der Waals surface area contributed by atoms with E-state index in [4.69, 9.17) is 28.4 Å². The van der Waals surface area contributed by atoms with E-state index in [1.807, 2.05) is 36.4 Å². The van der Waals surface area contributed by atoms with E-state index >= 15 is 0 Å². The fourth-order valence-corrected chi connectivity index (χ4v) is 3.91. The molecule has 0 N–H and O–H groups in total. The molecule has 3 aromatic carbocycles. The molecule has 176 valence electrons. The maximum atomic E-state index is 5.83. The average Bonchev–Trinajstić information content (AvgIpc) is 3.73. The van der Waals surface area contributed by atoms with Crippen LogP contribution in [0.2, 0.25) is 0 Å². The van der Waals surface area contributed by atoms with Gasteiger partial charge >= 0.3 is 0 Å². The molecule has 3 heterocycles. The van der Waals surface area contributed by atoms with Gasteiger partial charge in [-0.1, -0.05) is 36.4 Å². The highest BCUT2D eigenvalue weighted by Crippen LogP contribution is 2.35. The van der Waals surface area contributed by atoms with Gasteiger partial charge in [0.1, 0.15) is 55.4 Å². The van der Waals surface area contributed by atoms with Crippen LogP contribution >= 0.6 is 0 Å². The van der Waals surface area contributed by atoms with Crippen molar-refractivity contribution in [3.05, 3.63) is 89.5 Å². The number of rotatable bonds is 12. The Morgan fingerprint density at radius 2 is 0.765 bits per heavy atom. The summed E-state index contributed by atoms with van der Waals surface area (Å²) in [5, 5.41) is 0. The van der Waals surface area contributed by atoms with Gasteiger partial charge in [-0.2, -0.15) is 0 Å². The molecule has 6 rings (SSSR count). The van der Waals surface area contributed by atoms with Crippen LogP contribution in [0, 0.1) is 0 Å². The van der Waals surface area contributed by atoms with Crippen LogP contribution in [-0.2, 0) is 14.2 Å². The number of hydrogen-bond acceptors (Lipinski definition) is 6. The standard InChI is InChI=1S/C28H28O6/c1-7-22(29-13-25-16-32-25)8-2-19(1)28(20-3-9-23(10-4-20)30-14-26-17-33-26)21-5-11-24(12-6-21)31-15-27-18-34-27/h1-12,25-28H,13-18H2/t25-,26-,27+/m0/s1. The molecular weight excluding hydrogens is 432 g/mol. The Morgan fingerprint density at radius 1 is 0.500 bits per heavy atom. The van der Waals surface area contributed by atoms with Crippen LogP contribution in [0.1, 0.15) is 22.6 Å². The van der Waals surface area contributed by atoms with Gasteiger partial charge in [0.05, 0.1) is 19.8 Å². The molecule has 3 atom stereocenters. The van der Waals surface area contributed by atoms with Crippen molar-refractivity contribution in [2.75, 3.05) is 39.6 Å². The zero-order valence-electron chi connectivity index (χ0n) is 18.9. The highest BCUT2D eigenvalue weighted by atomic mass is 16.6. The largest absolute Gasteiger partial charge is 0.491 e. The van der Waals surface area contributed by atoms with E-state index in [1.165, 1.54) is 16.7 Å². The Balaban J connectivity index is 1.22. The Morgan fingerprint density at radius 3 is 1.00 bits per heavy atom. The van der Waals surface area contributed by atoms with E-state index < -0.39 is 0 Å². The molecule has 3 saturated heterocycles. The second-order valence-electron chi connectivity index (χ2n) is 8.94. The molecular formula is C28H28O6. The first kappa shape index (κ1) is 21.5. The summed E-state index contributed by atoms with van der Waals surface area (Å²) in [4.78, 5) is 0. The third kappa shape index (κ3) is 5.70. The van der Waals surface area contributed by atoms with Gasteiger partial charge in [0, 0.05) is 5.92 Å². The van der Waals surface area contributed by atoms with Crippen LogP contribution < -0.4 is 14.2 Å². The second-order valence-corrected chi connectivity index (χ2v) is 8.94. The average molecular weight is 461 g/mol. The lowest BCUT2D eigenvalue weighted by Crippen LogP contribution is -2.07. The molecule has 3 aliphatic rings. The van der Waals surface area contributed by atoms with E-state index in [1.54, 1.807) is 0 Å². The van der Waals surface area contributed by atoms with Crippen molar-refractivity contribution in [2.24, 2.45) is 0 Å². The van der Waals surface area contributed by atoms with E-state index in [9.17, 15) is 0 Å². The van der Waals surface area contributed by atoms with Gasteiger partial charge in [0.25, 0.3) is 0 Å². The highest BCUT2D eigenvalue weighted by molar-refractivity contribution is 5.46. The van der Waals surface area contributed by atoms with Crippen molar-refractivity contribution in [3.8, 4) is 17.2 Å². The summed E-state index contributed by atoms with van der Waals surface area (Å²) in [7, 11) is 0. The van der Waals surface area contributed by atoms with Crippen LogP contribution in [-0.4, -0.2) is 58.0 Å². The molecule has 0 amide bonds. The second kappa shape index (κ2) is 9.66. The fourth-order valence-electron chi connectivity index (χ4n) is 3.91. The van der Waals surface area contributed by atoms with Crippen molar-refractivity contribution < 1.29 is 28.4 Å². The monoisotopic (exact) mass is 460 g/mol. The summed E-state index contributed by atoms with van der Waals surface area (Å²) in [5.41, 5.74) is 3.57. The zero-order valence-corrected chi connectivity index (χ0v) is 18.9. The van der Waals surface area contributed by atoms with Gasteiger partial charge in [0.2, 0.25) is 0 Å². The quantitative estimate of drug-likeness (QED) is 0.298. The van der Waals surface area contributed by atoms with Gasteiger partial charge in [-0.15, -0.1) is 0 Å². The number of epoxide rings is 3. The van der Waals surface area contributed by atoms with Crippen molar-refractivity contribution >= 4 is 0 Å². The highest BCUT2D eigenvalue weighted by Gasteiger charge is 2.25. The minimum Gasteiger partial charge on any atom is -0.491 e. The molecule has 3 fully saturated rings. The van der Waals surface area contributed by atoms with E-state index in [0.29, 0.717) is 19.8 Å². The molecule has 34 heavy (non-hydrogen) atoms. The maximum Gasteiger partial charge on any atom is 0.119 e. The molecule has 0 bridgehead atoms. The summed E-state index contributed by atoms with van der Waals surface area (Å²) in [6.45, 7) is 4.18. The molecule has 0 spiro atoms. The van der Waals surface area contributed by atoms with Gasteiger partial charge < -0.3 is 28.4 Å². The summed E-state index contributed by atoms with van der Waals surface area (Å²) < 4.78 is 33.2. The zero-order chi connectivity index (χ0) is 22.7. The normalized spacial score (nSPS) is 22.3. The first-order chi connectivity index (χ1) is 16.8. The lowest BCUT2D eigenvalue weighted by molar-refractivity contribution is 0.263. The molecule has 0 aliphatic carbocycles. The molecule has 0 radical (unpaired) electrons. The van der Waals surface area contributed by atoms with Gasteiger partial charge in [0.15, 0.2) is 0 Å². The third-order valence-electron chi connectivity index (χ3n) is 6.16. The topological polar surface area (TPSA) is 65.3 Å². The number of ether oxygens (including phenoxy) is 6. The first-order valence-corrected chi connectivity index (χ1v) is 11.8. The SMILES string of the molecule is c1cc(C(c2ccc(OC[C@H]3CO3)cc2)c2ccc(OC[C@H]3CO3)cc2)ccc1OC[C@@H]1CO1. The van der Waals surface area contributed by atoms with E-state index in [2.05, 4.69) is 36.4 Å². The molecule has 3 aliphatic heterocycles. The predicted molar refractivity (Wildman–Crippen MR) is 126 cm³/mol. The Hall–Kier alpha value is -3.06. The summed E-state index contributed by atoms with van der Waals surface area (Å²) in [6.07, 6.45) is 0.727. The minimum absolute atomic E-state index is 0.0717. The summed E-state index contributed by atoms with van der Waals surface area (Å²) >= 11 is 0. The van der Waals surface area contributed by atoms with Gasteiger partial charge in [-0.05, 0) is 53.1 Å². The number of benzene rings is 3. The molecule has 0 unspecified atom stereocenters.